The van der Waals surface area contributed by atoms with Crippen molar-refractivity contribution in [3.63, 3.8) is 0 Å². The van der Waals surface area contributed by atoms with Crippen molar-refractivity contribution in [1.82, 2.24) is 15.1 Å². The standard InChI is InChI=1S/C23H32N4O3/c28-21(29)15-18(10-6-9-17-7-2-1-3-8-17)23-25-22(26-30-23)19-11-12-20(24-16-19)27-13-4-5-14-27/h11-12,16-18H,1-10,13-15H2,(H,28,29)/t18-/m1/s1. The van der Waals surface area contributed by atoms with Crippen LogP contribution in [0.25, 0.3) is 11.4 Å². The molecule has 2 aromatic rings. The Bertz CT molecular complexity index is 808. The van der Waals surface area contributed by atoms with Crippen LogP contribution in [0.1, 0.15) is 82.4 Å². The number of aliphatic carboxylic acids is 1. The lowest BCUT2D eigenvalue weighted by molar-refractivity contribution is -0.137. The maximum absolute atomic E-state index is 11.4. The molecule has 1 atom stereocenters. The first-order valence-electron chi connectivity index (χ1n) is 11.5. The Kier molecular flexibility index (Phi) is 6.97. The summed E-state index contributed by atoms with van der Waals surface area (Å²) >= 11 is 0. The molecule has 1 aliphatic heterocycles. The van der Waals surface area contributed by atoms with Gasteiger partial charge in [-0.15, -0.1) is 0 Å². The van der Waals surface area contributed by atoms with E-state index in [0.717, 1.165) is 43.2 Å². The summed E-state index contributed by atoms with van der Waals surface area (Å²) in [4.78, 5) is 22.7. The minimum absolute atomic E-state index is 0.0262. The third-order valence-electron chi connectivity index (χ3n) is 6.54. The van der Waals surface area contributed by atoms with Crippen molar-refractivity contribution < 1.29 is 14.4 Å². The average Bonchev–Trinajstić information content (AvgIpc) is 3.46. The fourth-order valence-corrected chi connectivity index (χ4v) is 4.82. The van der Waals surface area contributed by atoms with Crippen LogP contribution in [-0.4, -0.2) is 39.3 Å². The number of rotatable bonds is 9. The van der Waals surface area contributed by atoms with E-state index in [1.807, 2.05) is 12.1 Å². The molecule has 30 heavy (non-hydrogen) atoms. The molecule has 2 aromatic heterocycles. The van der Waals surface area contributed by atoms with Crippen molar-refractivity contribution in [2.45, 2.75) is 76.5 Å². The zero-order valence-electron chi connectivity index (χ0n) is 17.6. The second-order valence-electron chi connectivity index (χ2n) is 8.79. The highest BCUT2D eigenvalue weighted by Crippen LogP contribution is 2.32. The number of aromatic nitrogens is 3. The van der Waals surface area contributed by atoms with E-state index in [1.54, 1.807) is 6.20 Å². The summed E-state index contributed by atoms with van der Waals surface area (Å²) in [5, 5.41) is 13.5. The summed E-state index contributed by atoms with van der Waals surface area (Å²) in [7, 11) is 0. The van der Waals surface area contributed by atoms with E-state index in [-0.39, 0.29) is 12.3 Å². The molecule has 0 radical (unpaired) electrons. The van der Waals surface area contributed by atoms with Crippen LogP contribution in [0.5, 0.6) is 0 Å². The van der Waals surface area contributed by atoms with Gasteiger partial charge in [0.2, 0.25) is 11.7 Å². The van der Waals surface area contributed by atoms with Crippen molar-refractivity contribution in [2.24, 2.45) is 5.92 Å². The smallest absolute Gasteiger partial charge is 0.304 e. The topological polar surface area (TPSA) is 92.3 Å². The van der Waals surface area contributed by atoms with Gasteiger partial charge in [0.15, 0.2) is 0 Å². The monoisotopic (exact) mass is 412 g/mol. The van der Waals surface area contributed by atoms with E-state index in [2.05, 4.69) is 20.0 Å². The van der Waals surface area contributed by atoms with Crippen molar-refractivity contribution in [3.8, 4) is 11.4 Å². The number of nitrogens with zero attached hydrogens (tertiary/aromatic N) is 4. The van der Waals surface area contributed by atoms with Gasteiger partial charge in [-0.1, -0.05) is 50.1 Å². The van der Waals surface area contributed by atoms with E-state index in [0.29, 0.717) is 11.7 Å². The first-order valence-corrected chi connectivity index (χ1v) is 11.5. The zero-order valence-corrected chi connectivity index (χ0v) is 17.6. The average molecular weight is 413 g/mol. The third-order valence-corrected chi connectivity index (χ3v) is 6.54. The van der Waals surface area contributed by atoms with Crippen molar-refractivity contribution in [3.05, 3.63) is 24.2 Å². The van der Waals surface area contributed by atoms with Crippen LogP contribution in [0.4, 0.5) is 5.82 Å². The minimum atomic E-state index is -0.825. The molecule has 0 bridgehead atoms. The Labute approximate surface area is 177 Å². The van der Waals surface area contributed by atoms with Crippen molar-refractivity contribution in [1.29, 1.82) is 0 Å². The predicted octanol–water partition coefficient (Wildman–Crippen LogP) is 5.04. The summed E-state index contributed by atoms with van der Waals surface area (Å²) in [6.07, 6.45) is 13.8. The molecule has 3 heterocycles. The second kappa shape index (κ2) is 10.0. The van der Waals surface area contributed by atoms with Crippen LogP contribution in [0.15, 0.2) is 22.9 Å². The lowest BCUT2D eigenvalue weighted by atomic mass is 9.84. The Balaban J connectivity index is 1.38. The number of carboxylic acids is 1. The number of anilines is 1. The van der Waals surface area contributed by atoms with Gasteiger partial charge in [-0.05, 0) is 37.3 Å². The molecule has 162 valence electrons. The lowest BCUT2D eigenvalue weighted by Crippen LogP contribution is -2.18. The lowest BCUT2D eigenvalue weighted by Gasteiger charge is -2.21. The Hall–Kier alpha value is -2.44. The molecule has 4 rings (SSSR count). The molecule has 7 nitrogen and oxygen atoms in total. The van der Waals surface area contributed by atoms with E-state index in [9.17, 15) is 9.90 Å². The Morgan fingerprint density at radius 1 is 1.17 bits per heavy atom. The fraction of sp³-hybridized carbons (Fsp3) is 0.652. The van der Waals surface area contributed by atoms with Gasteiger partial charge in [0.25, 0.3) is 0 Å². The molecule has 1 saturated heterocycles. The van der Waals surface area contributed by atoms with Gasteiger partial charge in [-0.25, -0.2) is 4.98 Å². The van der Waals surface area contributed by atoms with Gasteiger partial charge in [-0.2, -0.15) is 4.98 Å². The van der Waals surface area contributed by atoms with E-state index >= 15 is 0 Å². The maximum atomic E-state index is 11.4. The molecule has 2 aliphatic rings. The highest BCUT2D eigenvalue weighted by atomic mass is 16.5. The first kappa shape index (κ1) is 20.8. The summed E-state index contributed by atoms with van der Waals surface area (Å²) in [6, 6.07) is 3.96. The van der Waals surface area contributed by atoms with Crippen LogP contribution in [0.3, 0.4) is 0 Å². The molecule has 0 unspecified atom stereocenters. The summed E-state index contributed by atoms with van der Waals surface area (Å²) < 4.78 is 5.49. The largest absolute Gasteiger partial charge is 0.481 e. The SMILES string of the molecule is O=C(O)C[C@@H](CCCC1CCCCC1)c1nc(-c2ccc(N3CCCC3)nc2)no1. The fourth-order valence-electron chi connectivity index (χ4n) is 4.82. The zero-order chi connectivity index (χ0) is 20.8. The highest BCUT2D eigenvalue weighted by molar-refractivity contribution is 5.67. The highest BCUT2D eigenvalue weighted by Gasteiger charge is 2.24. The molecule has 0 spiro atoms. The van der Waals surface area contributed by atoms with Gasteiger partial charge in [0, 0.05) is 30.8 Å². The Morgan fingerprint density at radius 2 is 1.97 bits per heavy atom. The van der Waals surface area contributed by atoms with Crippen LogP contribution >= 0.6 is 0 Å². The van der Waals surface area contributed by atoms with E-state index in [1.165, 1.54) is 51.4 Å². The Morgan fingerprint density at radius 3 is 2.67 bits per heavy atom. The summed E-state index contributed by atoms with van der Waals surface area (Å²) in [5.41, 5.74) is 0.796. The molecule has 0 aromatic carbocycles. The molecule has 1 N–H and O–H groups in total. The van der Waals surface area contributed by atoms with Gasteiger partial charge in [0.05, 0.1) is 6.42 Å². The van der Waals surface area contributed by atoms with Gasteiger partial charge in [-0.3, -0.25) is 4.79 Å². The molecule has 7 heteroatoms. The summed E-state index contributed by atoms with van der Waals surface area (Å²) in [5.74, 6) is 1.63. The minimum Gasteiger partial charge on any atom is -0.481 e. The normalized spacial score (nSPS) is 18.6. The second-order valence-corrected chi connectivity index (χ2v) is 8.79. The van der Waals surface area contributed by atoms with Crippen LogP contribution in [0.2, 0.25) is 0 Å². The number of hydrogen-bond acceptors (Lipinski definition) is 6. The quantitative estimate of drug-likeness (QED) is 0.617. The van der Waals surface area contributed by atoms with Gasteiger partial charge >= 0.3 is 5.97 Å². The molecule has 1 aliphatic carbocycles. The van der Waals surface area contributed by atoms with E-state index < -0.39 is 5.97 Å². The molecule has 1 saturated carbocycles. The van der Waals surface area contributed by atoms with Gasteiger partial charge < -0.3 is 14.5 Å². The van der Waals surface area contributed by atoms with Crippen LogP contribution < -0.4 is 4.90 Å². The first-order chi connectivity index (χ1) is 14.7. The van der Waals surface area contributed by atoms with Crippen molar-refractivity contribution >= 4 is 11.8 Å². The predicted molar refractivity (Wildman–Crippen MR) is 114 cm³/mol. The summed E-state index contributed by atoms with van der Waals surface area (Å²) in [6.45, 7) is 2.10. The number of carboxylic acid groups (broad SMARTS) is 1. The number of hydrogen-bond donors (Lipinski definition) is 1. The molecular weight excluding hydrogens is 380 g/mol. The van der Waals surface area contributed by atoms with Crippen molar-refractivity contribution in [2.75, 3.05) is 18.0 Å². The molecular formula is C23H32N4O3. The van der Waals surface area contributed by atoms with Gasteiger partial charge in [0.1, 0.15) is 5.82 Å². The van der Waals surface area contributed by atoms with E-state index in [4.69, 9.17) is 4.52 Å². The van der Waals surface area contributed by atoms with Crippen LogP contribution in [0, 0.1) is 5.92 Å². The number of carbonyl (C=O) groups is 1. The maximum Gasteiger partial charge on any atom is 0.304 e. The molecule has 0 amide bonds. The van der Waals surface area contributed by atoms with Crippen LogP contribution in [-0.2, 0) is 4.79 Å². The third kappa shape index (κ3) is 5.37. The number of pyridine rings is 1. The molecule has 2 fully saturated rings.